The molecule has 1 N–H and O–H groups in total. The highest BCUT2D eigenvalue weighted by Crippen LogP contribution is 2.40. The van der Waals surface area contributed by atoms with Gasteiger partial charge >= 0.3 is 5.97 Å². The van der Waals surface area contributed by atoms with Crippen LogP contribution < -0.4 is 10.1 Å². The highest BCUT2D eigenvalue weighted by molar-refractivity contribution is 7.17. The molecule has 0 aliphatic heterocycles. The lowest BCUT2D eigenvalue weighted by Gasteiger charge is -2.18. The smallest absolute Gasteiger partial charge is 0.341 e. The predicted molar refractivity (Wildman–Crippen MR) is 107 cm³/mol. The first-order valence-electron chi connectivity index (χ1n) is 8.49. The number of rotatable bonds is 5. The molecule has 0 radical (unpaired) electrons. The van der Waals surface area contributed by atoms with Crippen molar-refractivity contribution in [2.24, 2.45) is 5.92 Å². The number of carbonyl (C=O) groups excluding carboxylic acids is 2. The summed E-state index contributed by atoms with van der Waals surface area (Å²) in [7, 11) is 1.34. The molecule has 0 fully saturated rings. The van der Waals surface area contributed by atoms with E-state index in [9.17, 15) is 9.59 Å². The molecule has 2 aromatic rings. The van der Waals surface area contributed by atoms with Gasteiger partial charge in [0.2, 0.25) is 0 Å². The molecule has 0 saturated carbocycles. The number of carbonyl (C=O) groups is 2. The van der Waals surface area contributed by atoms with E-state index in [0.717, 1.165) is 29.7 Å². The van der Waals surface area contributed by atoms with Crippen LogP contribution in [0.5, 0.6) is 5.75 Å². The van der Waals surface area contributed by atoms with Crippen LogP contribution in [0.25, 0.3) is 0 Å². The minimum atomic E-state index is -0.431. The molecule has 27 heavy (non-hydrogen) atoms. The lowest BCUT2D eigenvalue weighted by molar-refractivity contribution is -0.118. The zero-order valence-electron chi connectivity index (χ0n) is 14.9. The average molecular weight is 428 g/mol. The van der Waals surface area contributed by atoms with Crippen LogP contribution in [0, 0.1) is 5.92 Å². The van der Waals surface area contributed by atoms with E-state index in [4.69, 9.17) is 32.7 Å². The van der Waals surface area contributed by atoms with Gasteiger partial charge in [-0.25, -0.2) is 4.79 Å². The Kier molecular flexibility index (Phi) is 6.29. The molecule has 1 aromatic heterocycles. The third-order valence-corrected chi connectivity index (χ3v) is 6.11. The zero-order chi connectivity index (χ0) is 19.6. The molecule has 0 saturated heterocycles. The summed E-state index contributed by atoms with van der Waals surface area (Å²) in [6.07, 6.45) is 2.72. The van der Waals surface area contributed by atoms with Crippen molar-refractivity contribution in [3.05, 3.63) is 44.2 Å². The predicted octanol–water partition coefficient (Wildman–Crippen LogP) is 4.98. The zero-order valence-corrected chi connectivity index (χ0v) is 17.3. The summed E-state index contributed by atoms with van der Waals surface area (Å²) < 4.78 is 10.4. The van der Waals surface area contributed by atoms with Crippen LogP contribution in [0.2, 0.25) is 10.0 Å². The Hall–Kier alpha value is -1.76. The molecule has 1 atom stereocenters. The number of hydrogen-bond acceptors (Lipinski definition) is 5. The quantitative estimate of drug-likeness (QED) is 0.682. The summed E-state index contributed by atoms with van der Waals surface area (Å²) in [5.74, 6) is 0.112. The van der Waals surface area contributed by atoms with Gasteiger partial charge in [0.1, 0.15) is 10.8 Å². The molecule has 3 rings (SSSR count). The van der Waals surface area contributed by atoms with Gasteiger partial charge < -0.3 is 14.8 Å². The Labute approximate surface area is 171 Å². The Morgan fingerprint density at radius 3 is 2.81 bits per heavy atom. The Morgan fingerprint density at radius 1 is 1.33 bits per heavy atom. The van der Waals surface area contributed by atoms with Crippen molar-refractivity contribution in [3.8, 4) is 5.75 Å². The summed E-state index contributed by atoms with van der Waals surface area (Å²) in [6.45, 7) is 1.95. The number of thiophene rings is 1. The van der Waals surface area contributed by atoms with Crippen LogP contribution in [0.3, 0.4) is 0 Å². The normalized spacial score (nSPS) is 15.8. The Morgan fingerprint density at radius 2 is 2.11 bits per heavy atom. The summed E-state index contributed by atoms with van der Waals surface area (Å²) in [5, 5.41) is 4.10. The number of ether oxygens (including phenoxy) is 2. The fourth-order valence-corrected chi connectivity index (χ4v) is 4.93. The number of nitrogens with one attached hydrogen (secondary N) is 1. The monoisotopic (exact) mass is 427 g/mol. The van der Waals surface area contributed by atoms with Crippen molar-refractivity contribution in [3.63, 3.8) is 0 Å². The second-order valence-electron chi connectivity index (χ2n) is 6.46. The molecule has 1 aliphatic rings. The maximum Gasteiger partial charge on any atom is 0.341 e. The van der Waals surface area contributed by atoms with E-state index < -0.39 is 5.97 Å². The van der Waals surface area contributed by atoms with Gasteiger partial charge in [-0.1, -0.05) is 30.1 Å². The molecular weight excluding hydrogens is 409 g/mol. The highest BCUT2D eigenvalue weighted by Gasteiger charge is 2.28. The number of anilines is 1. The molecule has 1 amide bonds. The standard InChI is InChI=1S/C19H19Cl2NO4S/c1-10-3-5-12-15(7-10)27-18(17(12)19(24)25-2)22-16(23)9-26-14-6-4-11(20)8-13(14)21/h4,6,8,10H,3,5,7,9H2,1-2H3,(H,22,23). The van der Waals surface area contributed by atoms with E-state index in [1.807, 2.05) is 0 Å². The van der Waals surface area contributed by atoms with E-state index in [1.54, 1.807) is 18.2 Å². The van der Waals surface area contributed by atoms with Crippen molar-refractivity contribution in [2.75, 3.05) is 19.0 Å². The fourth-order valence-electron chi connectivity index (χ4n) is 3.06. The van der Waals surface area contributed by atoms with Crippen LogP contribution in [-0.2, 0) is 22.4 Å². The lowest BCUT2D eigenvalue weighted by atomic mass is 9.88. The molecule has 1 aliphatic carbocycles. The van der Waals surface area contributed by atoms with Crippen molar-refractivity contribution >= 4 is 51.4 Å². The number of esters is 1. The number of fused-ring (bicyclic) bond motifs is 1. The lowest BCUT2D eigenvalue weighted by Crippen LogP contribution is -2.21. The van der Waals surface area contributed by atoms with E-state index in [-0.39, 0.29) is 12.5 Å². The second kappa shape index (κ2) is 8.50. The molecule has 1 heterocycles. The number of benzene rings is 1. The Bertz CT molecular complexity index is 881. The Balaban J connectivity index is 1.74. The number of halogens is 2. The van der Waals surface area contributed by atoms with Gasteiger partial charge in [-0.05, 0) is 48.9 Å². The van der Waals surface area contributed by atoms with Gasteiger partial charge in [0.25, 0.3) is 5.91 Å². The summed E-state index contributed by atoms with van der Waals surface area (Å²) >= 11 is 13.3. The van der Waals surface area contributed by atoms with Gasteiger partial charge in [-0.3, -0.25) is 4.79 Å². The van der Waals surface area contributed by atoms with E-state index in [1.165, 1.54) is 18.4 Å². The molecule has 144 valence electrons. The van der Waals surface area contributed by atoms with E-state index in [0.29, 0.717) is 32.3 Å². The minimum Gasteiger partial charge on any atom is -0.482 e. The first-order valence-corrected chi connectivity index (χ1v) is 10.1. The van der Waals surface area contributed by atoms with Crippen LogP contribution >= 0.6 is 34.5 Å². The molecule has 0 bridgehead atoms. The average Bonchev–Trinajstić information content (AvgIpc) is 2.97. The van der Waals surface area contributed by atoms with Gasteiger partial charge in [0.15, 0.2) is 6.61 Å². The maximum absolute atomic E-state index is 12.4. The molecule has 8 heteroatoms. The summed E-state index contributed by atoms with van der Waals surface area (Å²) in [4.78, 5) is 25.7. The van der Waals surface area contributed by atoms with Crippen LogP contribution in [-0.4, -0.2) is 25.6 Å². The number of methoxy groups -OCH3 is 1. The molecule has 5 nitrogen and oxygen atoms in total. The SMILES string of the molecule is COC(=O)c1c(NC(=O)COc2ccc(Cl)cc2Cl)sc2c1CCC(C)C2. The van der Waals surface area contributed by atoms with Gasteiger partial charge in [0, 0.05) is 9.90 Å². The van der Waals surface area contributed by atoms with Crippen molar-refractivity contribution in [2.45, 2.75) is 26.2 Å². The fraction of sp³-hybridized carbons (Fsp3) is 0.368. The topological polar surface area (TPSA) is 64.6 Å². The third kappa shape index (κ3) is 4.57. The summed E-state index contributed by atoms with van der Waals surface area (Å²) in [5.41, 5.74) is 1.45. The van der Waals surface area contributed by atoms with Gasteiger partial charge in [0.05, 0.1) is 17.7 Å². The molecule has 0 spiro atoms. The van der Waals surface area contributed by atoms with Crippen LogP contribution in [0.15, 0.2) is 18.2 Å². The number of hydrogen-bond donors (Lipinski definition) is 1. The van der Waals surface area contributed by atoms with Gasteiger partial charge in [-0.15, -0.1) is 11.3 Å². The first-order chi connectivity index (χ1) is 12.9. The highest BCUT2D eigenvalue weighted by atomic mass is 35.5. The number of amides is 1. The third-order valence-electron chi connectivity index (χ3n) is 4.41. The van der Waals surface area contributed by atoms with Crippen molar-refractivity contribution < 1.29 is 19.1 Å². The van der Waals surface area contributed by atoms with Crippen molar-refractivity contribution in [1.29, 1.82) is 0 Å². The van der Waals surface area contributed by atoms with E-state index >= 15 is 0 Å². The second-order valence-corrected chi connectivity index (χ2v) is 8.41. The molecule has 1 unspecified atom stereocenters. The van der Waals surface area contributed by atoms with E-state index in [2.05, 4.69) is 12.2 Å². The van der Waals surface area contributed by atoms with Crippen molar-refractivity contribution in [1.82, 2.24) is 0 Å². The summed E-state index contributed by atoms with van der Waals surface area (Å²) in [6, 6.07) is 4.77. The van der Waals surface area contributed by atoms with Crippen LogP contribution in [0.1, 0.15) is 34.1 Å². The molecule has 1 aromatic carbocycles. The van der Waals surface area contributed by atoms with Gasteiger partial charge in [-0.2, -0.15) is 0 Å². The minimum absolute atomic E-state index is 0.235. The van der Waals surface area contributed by atoms with Crippen LogP contribution in [0.4, 0.5) is 5.00 Å². The first kappa shape index (κ1) is 20.0. The molecular formula is C19H19Cl2NO4S. The largest absolute Gasteiger partial charge is 0.482 e. The maximum atomic E-state index is 12.4.